The molecule has 1 saturated carbocycles. The molecular formula is C13H17ClN2O. The van der Waals surface area contributed by atoms with E-state index < -0.39 is 0 Å². The van der Waals surface area contributed by atoms with Crippen molar-refractivity contribution in [3.8, 4) is 0 Å². The number of rotatable bonds is 2. The highest BCUT2D eigenvalue weighted by atomic mass is 35.5. The zero-order chi connectivity index (χ0) is 11.1. The number of hydrogen-bond donors (Lipinski definition) is 2. The van der Waals surface area contributed by atoms with Crippen molar-refractivity contribution in [2.75, 3.05) is 13.1 Å². The van der Waals surface area contributed by atoms with Crippen LogP contribution in [0.2, 0.25) is 0 Å². The van der Waals surface area contributed by atoms with Gasteiger partial charge in [0.15, 0.2) is 0 Å². The molecule has 1 aliphatic carbocycles. The fraction of sp³-hybridized carbons (Fsp3) is 0.462. The van der Waals surface area contributed by atoms with Gasteiger partial charge in [-0.15, -0.1) is 12.4 Å². The molecule has 1 heterocycles. The number of fused-ring (bicyclic) bond motifs is 1. The molecule has 2 aliphatic rings. The molecule has 1 amide bonds. The summed E-state index contributed by atoms with van der Waals surface area (Å²) in [7, 11) is 0. The van der Waals surface area contributed by atoms with Gasteiger partial charge in [-0.2, -0.15) is 0 Å². The molecule has 0 aromatic heterocycles. The maximum Gasteiger partial charge on any atom is 0.251 e. The first-order valence-corrected chi connectivity index (χ1v) is 5.84. The Morgan fingerprint density at radius 1 is 1.24 bits per heavy atom. The minimum atomic E-state index is 0. The zero-order valence-electron chi connectivity index (χ0n) is 9.77. The average Bonchev–Trinajstić information content (AvgIpc) is 2.75. The van der Waals surface area contributed by atoms with Crippen LogP contribution in [0.25, 0.3) is 0 Å². The summed E-state index contributed by atoms with van der Waals surface area (Å²) in [6, 6.07) is 8.14. The summed E-state index contributed by atoms with van der Waals surface area (Å²) in [4.78, 5) is 11.9. The topological polar surface area (TPSA) is 41.1 Å². The minimum absolute atomic E-state index is 0. The van der Waals surface area contributed by atoms with Crippen LogP contribution in [0.4, 0.5) is 0 Å². The number of carbonyl (C=O) groups is 1. The van der Waals surface area contributed by atoms with E-state index in [9.17, 15) is 4.79 Å². The molecule has 92 valence electrons. The highest BCUT2D eigenvalue weighted by Crippen LogP contribution is 2.41. The highest BCUT2D eigenvalue weighted by Gasteiger charge is 2.53. The molecule has 1 saturated heterocycles. The molecule has 3 rings (SSSR count). The Bertz CT molecular complexity index is 408. The summed E-state index contributed by atoms with van der Waals surface area (Å²) in [6.07, 6.45) is 0. The number of benzene rings is 1. The van der Waals surface area contributed by atoms with Crippen molar-refractivity contribution in [1.29, 1.82) is 0 Å². The van der Waals surface area contributed by atoms with E-state index in [1.165, 1.54) is 5.56 Å². The summed E-state index contributed by atoms with van der Waals surface area (Å²) in [6.45, 7) is 4.14. The van der Waals surface area contributed by atoms with E-state index in [0.717, 1.165) is 18.7 Å². The first-order valence-electron chi connectivity index (χ1n) is 5.84. The van der Waals surface area contributed by atoms with Crippen LogP contribution in [0.5, 0.6) is 0 Å². The third kappa shape index (κ3) is 2.31. The predicted molar refractivity (Wildman–Crippen MR) is 69.5 cm³/mol. The van der Waals surface area contributed by atoms with Gasteiger partial charge in [-0.1, -0.05) is 17.7 Å². The number of halogens is 1. The normalized spacial score (nSPS) is 29.1. The smallest absolute Gasteiger partial charge is 0.251 e. The Morgan fingerprint density at radius 2 is 1.82 bits per heavy atom. The molecule has 2 atom stereocenters. The van der Waals surface area contributed by atoms with Crippen LogP contribution in [-0.2, 0) is 0 Å². The Kier molecular flexibility index (Phi) is 3.40. The molecule has 3 nitrogen and oxygen atoms in total. The van der Waals surface area contributed by atoms with E-state index in [-0.39, 0.29) is 18.3 Å². The molecule has 0 radical (unpaired) electrons. The molecular weight excluding hydrogens is 236 g/mol. The lowest BCUT2D eigenvalue weighted by Gasteiger charge is -2.07. The molecule has 2 fully saturated rings. The van der Waals surface area contributed by atoms with Crippen molar-refractivity contribution in [2.24, 2.45) is 11.8 Å². The van der Waals surface area contributed by atoms with Gasteiger partial charge in [0.1, 0.15) is 0 Å². The summed E-state index contributed by atoms with van der Waals surface area (Å²) in [5, 5.41) is 6.43. The van der Waals surface area contributed by atoms with E-state index in [1.807, 2.05) is 31.2 Å². The van der Waals surface area contributed by atoms with Crippen LogP contribution in [0.1, 0.15) is 15.9 Å². The van der Waals surface area contributed by atoms with Crippen LogP contribution >= 0.6 is 12.4 Å². The lowest BCUT2D eigenvalue weighted by atomic mass is 10.1. The van der Waals surface area contributed by atoms with Gasteiger partial charge in [0.05, 0.1) is 0 Å². The Morgan fingerprint density at radius 3 is 2.41 bits per heavy atom. The van der Waals surface area contributed by atoms with Crippen molar-refractivity contribution < 1.29 is 4.79 Å². The molecule has 17 heavy (non-hydrogen) atoms. The quantitative estimate of drug-likeness (QED) is 0.835. The first kappa shape index (κ1) is 12.4. The Labute approximate surface area is 107 Å². The Hall–Kier alpha value is -1.06. The number of aryl methyl sites for hydroxylation is 1. The van der Waals surface area contributed by atoms with Gasteiger partial charge in [0, 0.05) is 24.7 Å². The van der Waals surface area contributed by atoms with Crippen molar-refractivity contribution in [3.63, 3.8) is 0 Å². The van der Waals surface area contributed by atoms with Crippen molar-refractivity contribution in [2.45, 2.75) is 13.0 Å². The van der Waals surface area contributed by atoms with E-state index in [2.05, 4.69) is 10.6 Å². The van der Waals surface area contributed by atoms with Gasteiger partial charge in [-0.05, 0) is 30.9 Å². The van der Waals surface area contributed by atoms with Crippen LogP contribution in [-0.4, -0.2) is 25.0 Å². The summed E-state index contributed by atoms with van der Waals surface area (Å²) in [5.41, 5.74) is 1.95. The molecule has 4 heteroatoms. The lowest BCUT2D eigenvalue weighted by Crippen LogP contribution is -2.32. The van der Waals surface area contributed by atoms with Crippen LogP contribution in [0.15, 0.2) is 24.3 Å². The van der Waals surface area contributed by atoms with Gasteiger partial charge in [-0.3, -0.25) is 4.79 Å². The molecule has 1 aliphatic heterocycles. The number of nitrogens with one attached hydrogen (secondary N) is 2. The molecule has 1 aromatic carbocycles. The molecule has 2 N–H and O–H groups in total. The minimum Gasteiger partial charge on any atom is -0.349 e. The van der Waals surface area contributed by atoms with Crippen LogP contribution < -0.4 is 10.6 Å². The second-order valence-electron chi connectivity index (χ2n) is 4.85. The van der Waals surface area contributed by atoms with E-state index in [0.29, 0.717) is 17.9 Å². The maximum atomic E-state index is 11.9. The largest absolute Gasteiger partial charge is 0.349 e. The number of carbonyl (C=O) groups excluding carboxylic acids is 1. The molecule has 0 spiro atoms. The van der Waals surface area contributed by atoms with Gasteiger partial charge in [-0.25, -0.2) is 0 Å². The highest BCUT2D eigenvalue weighted by molar-refractivity contribution is 5.94. The van der Waals surface area contributed by atoms with Crippen molar-refractivity contribution >= 4 is 18.3 Å². The number of piperidine rings is 1. The molecule has 0 bridgehead atoms. The van der Waals surface area contributed by atoms with Gasteiger partial charge in [0.2, 0.25) is 0 Å². The second kappa shape index (κ2) is 4.67. The summed E-state index contributed by atoms with van der Waals surface area (Å²) < 4.78 is 0. The lowest BCUT2D eigenvalue weighted by molar-refractivity contribution is 0.0946. The summed E-state index contributed by atoms with van der Waals surface area (Å²) in [5.74, 6) is 1.42. The average molecular weight is 253 g/mol. The first-order chi connectivity index (χ1) is 7.75. The van der Waals surface area contributed by atoms with Crippen molar-refractivity contribution in [3.05, 3.63) is 35.4 Å². The molecule has 1 aromatic rings. The number of amides is 1. The fourth-order valence-corrected chi connectivity index (χ4v) is 2.57. The Balaban J connectivity index is 0.00000108. The SMILES string of the molecule is Cc1ccc(C(=O)NC2C3CNCC32)cc1.Cl. The van der Waals surface area contributed by atoms with Crippen LogP contribution in [0, 0.1) is 18.8 Å². The van der Waals surface area contributed by atoms with Gasteiger partial charge < -0.3 is 10.6 Å². The van der Waals surface area contributed by atoms with Crippen molar-refractivity contribution in [1.82, 2.24) is 10.6 Å². The van der Waals surface area contributed by atoms with Crippen LogP contribution in [0.3, 0.4) is 0 Å². The van der Waals surface area contributed by atoms with E-state index in [1.54, 1.807) is 0 Å². The third-order valence-corrected chi connectivity index (χ3v) is 3.70. The molecule has 2 unspecified atom stereocenters. The van der Waals surface area contributed by atoms with E-state index in [4.69, 9.17) is 0 Å². The standard InChI is InChI=1S/C13H16N2O.ClH/c1-8-2-4-9(5-3-8)13(16)15-12-10-6-14-7-11(10)12;/h2-5,10-12,14H,6-7H2,1H3,(H,15,16);1H. The van der Waals surface area contributed by atoms with Gasteiger partial charge >= 0.3 is 0 Å². The monoisotopic (exact) mass is 252 g/mol. The van der Waals surface area contributed by atoms with E-state index >= 15 is 0 Å². The maximum absolute atomic E-state index is 11.9. The zero-order valence-corrected chi connectivity index (χ0v) is 10.6. The summed E-state index contributed by atoms with van der Waals surface area (Å²) >= 11 is 0. The number of hydrogen-bond acceptors (Lipinski definition) is 2. The van der Waals surface area contributed by atoms with Gasteiger partial charge in [0.25, 0.3) is 5.91 Å². The fourth-order valence-electron chi connectivity index (χ4n) is 2.57. The third-order valence-electron chi connectivity index (χ3n) is 3.70. The second-order valence-corrected chi connectivity index (χ2v) is 4.85. The predicted octanol–water partition coefficient (Wildman–Crippen LogP) is 1.36.